The van der Waals surface area contributed by atoms with Crippen LogP contribution in [-0.4, -0.2) is 33.4 Å². The topological polar surface area (TPSA) is 77.0 Å². The molecule has 4 aromatic rings. The van der Waals surface area contributed by atoms with Gasteiger partial charge in [-0.2, -0.15) is 0 Å². The number of amides is 1. The van der Waals surface area contributed by atoms with Gasteiger partial charge in [0.2, 0.25) is 11.1 Å². The van der Waals surface area contributed by atoms with Crippen molar-refractivity contribution in [2.24, 2.45) is 0 Å². The van der Waals surface area contributed by atoms with Crippen LogP contribution in [0.5, 0.6) is 5.75 Å². The lowest BCUT2D eigenvalue weighted by Crippen LogP contribution is -2.14. The second-order valence-corrected chi connectivity index (χ2v) is 8.04. The number of aromatic nitrogens is 3. The van der Waals surface area contributed by atoms with E-state index in [1.807, 2.05) is 6.92 Å². The summed E-state index contributed by atoms with van der Waals surface area (Å²) < 4.78 is 32.2. The molecule has 4 rings (SSSR count). The van der Waals surface area contributed by atoms with Crippen LogP contribution in [0.15, 0.2) is 78.0 Å². The van der Waals surface area contributed by atoms with Gasteiger partial charge in [0, 0.05) is 16.8 Å². The van der Waals surface area contributed by atoms with Gasteiger partial charge < -0.3 is 10.1 Å². The first-order valence-corrected chi connectivity index (χ1v) is 11.4. The Morgan fingerprint density at radius 3 is 2.03 bits per heavy atom. The largest absolute Gasteiger partial charge is 0.494 e. The van der Waals surface area contributed by atoms with Crippen molar-refractivity contribution in [1.82, 2.24) is 15.2 Å². The highest BCUT2D eigenvalue weighted by atomic mass is 32.2. The van der Waals surface area contributed by atoms with Gasteiger partial charge in [-0.3, -0.25) is 4.79 Å². The van der Waals surface area contributed by atoms with Crippen LogP contribution in [0, 0.1) is 11.6 Å². The van der Waals surface area contributed by atoms with E-state index in [0.29, 0.717) is 34.8 Å². The summed E-state index contributed by atoms with van der Waals surface area (Å²) in [7, 11) is 0. The van der Waals surface area contributed by atoms with Crippen molar-refractivity contribution in [3.8, 4) is 28.3 Å². The summed E-state index contributed by atoms with van der Waals surface area (Å²) >= 11 is 1.12. The van der Waals surface area contributed by atoms with Gasteiger partial charge >= 0.3 is 0 Å². The van der Waals surface area contributed by atoms with Gasteiger partial charge in [-0.05, 0) is 79.7 Å². The van der Waals surface area contributed by atoms with Crippen molar-refractivity contribution in [3.05, 3.63) is 84.4 Å². The summed E-state index contributed by atoms with van der Waals surface area (Å²) in [6.07, 6.45) is 0. The molecule has 172 valence electrons. The first kappa shape index (κ1) is 23.3. The number of halogens is 2. The first-order valence-electron chi connectivity index (χ1n) is 10.4. The summed E-state index contributed by atoms with van der Waals surface area (Å²) in [5.41, 5.74) is 2.76. The smallest absolute Gasteiger partial charge is 0.234 e. The summed E-state index contributed by atoms with van der Waals surface area (Å²) in [6.45, 7) is 2.47. The molecular weight excluding hydrogens is 458 g/mol. The van der Waals surface area contributed by atoms with Crippen molar-refractivity contribution in [2.45, 2.75) is 12.1 Å². The Balaban J connectivity index is 1.51. The molecule has 0 saturated heterocycles. The summed E-state index contributed by atoms with van der Waals surface area (Å²) in [4.78, 5) is 17.0. The van der Waals surface area contributed by atoms with Gasteiger partial charge in [-0.25, -0.2) is 13.8 Å². The Kier molecular flexibility index (Phi) is 7.44. The van der Waals surface area contributed by atoms with E-state index in [2.05, 4.69) is 20.5 Å². The molecule has 0 atom stereocenters. The third-order valence-corrected chi connectivity index (χ3v) is 5.52. The molecule has 0 aliphatic carbocycles. The summed E-state index contributed by atoms with van der Waals surface area (Å²) in [6, 6.07) is 18.7. The zero-order valence-electron chi connectivity index (χ0n) is 18.2. The maximum Gasteiger partial charge on any atom is 0.234 e. The summed E-state index contributed by atoms with van der Waals surface area (Å²) in [5, 5.41) is 11.5. The zero-order chi connectivity index (χ0) is 23.9. The van der Waals surface area contributed by atoms with E-state index in [1.165, 1.54) is 24.3 Å². The Hall–Kier alpha value is -3.85. The number of anilines is 1. The van der Waals surface area contributed by atoms with Crippen LogP contribution in [0.3, 0.4) is 0 Å². The Morgan fingerprint density at radius 1 is 0.853 bits per heavy atom. The minimum atomic E-state index is -0.380. The third-order valence-electron chi connectivity index (χ3n) is 4.68. The average molecular weight is 479 g/mol. The minimum absolute atomic E-state index is 0.0631. The van der Waals surface area contributed by atoms with E-state index in [0.717, 1.165) is 17.5 Å². The fraction of sp³-hybridized carbons (Fsp3) is 0.120. The van der Waals surface area contributed by atoms with Crippen LogP contribution in [0.2, 0.25) is 0 Å². The normalized spacial score (nSPS) is 10.7. The number of hydrogen-bond acceptors (Lipinski definition) is 6. The SMILES string of the molecule is CCOc1ccc(NC(=O)CSc2nnc(-c3ccc(F)cc3)c(-c3ccc(F)cc3)n2)cc1. The van der Waals surface area contributed by atoms with Gasteiger partial charge in [0.25, 0.3) is 0 Å². The molecular formula is C25H20F2N4O2S. The second-order valence-electron chi connectivity index (χ2n) is 7.10. The average Bonchev–Trinajstić information content (AvgIpc) is 2.85. The van der Waals surface area contributed by atoms with Crippen LogP contribution in [-0.2, 0) is 4.79 Å². The van der Waals surface area contributed by atoms with Gasteiger partial charge in [0.1, 0.15) is 28.8 Å². The number of nitrogens with zero attached hydrogens (tertiary/aromatic N) is 3. The maximum atomic E-state index is 13.5. The van der Waals surface area contributed by atoms with Crippen molar-refractivity contribution in [3.63, 3.8) is 0 Å². The zero-order valence-corrected chi connectivity index (χ0v) is 19.0. The van der Waals surface area contributed by atoms with E-state index in [9.17, 15) is 13.6 Å². The second kappa shape index (κ2) is 10.8. The monoisotopic (exact) mass is 478 g/mol. The Morgan fingerprint density at radius 2 is 1.44 bits per heavy atom. The predicted octanol–water partition coefficient (Wildman–Crippen LogP) is 5.61. The molecule has 34 heavy (non-hydrogen) atoms. The number of thioether (sulfide) groups is 1. The molecule has 0 spiro atoms. The molecule has 1 N–H and O–H groups in total. The highest BCUT2D eigenvalue weighted by molar-refractivity contribution is 7.99. The van der Waals surface area contributed by atoms with Crippen LogP contribution < -0.4 is 10.1 Å². The molecule has 0 bridgehead atoms. The lowest BCUT2D eigenvalue weighted by Gasteiger charge is -2.10. The lowest BCUT2D eigenvalue weighted by atomic mass is 10.0. The molecule has 0 unspecified atom stereocenters. The van der Waals surface area contributed by atoms with Crippen molar-refractivity contribution in [1.29, 1.82) is 0 Å². The Labute approximate surface area is 199 Å². The number of nitrogens with one attached hydrogen (secondary N) is 1. The highest BCUT2D eigenvalue weighted by Crippen LogP contribution is 2.30. The third kappa shape index (κ3) is 5.93. The van der Waals surface area contributed by atoms with E-state index in [-0.39, 0.29) is 28.5 Å². The van der Waals surface area contributed by atoms with Crippen LogP contribution >= 0.6 is 11.8 Å². The molecule has 1 amide bonds. The number of rotatable bonds is 8. The van der Waals surface area contributed by atoms with Crippen LogP contribution in [0.1, 0.15) is 6.92 Å². The molecule has 0 aliphatic heterocycles. The van der Waals surface area contributed by atoms with Crippen LogP contribution in [0.4, 0.5) is 14.5 Å². The molecule has 1 aromatic heterocycles. The van der Waals surface area contributed by atoms with Crippen molar-refractivity contribution < 1.29 is 18.3 Å². The van der Waals surface area contributed by atoms with Gasteiger partial charge in [0.15, 0.2) is 0 Å². The summed E-state index contributed by atoms with van der Waals surface area (Å²) in [5.74, 6) is -0.200. The molecule has 1 heterocycles. The molecule has 0 fully saturated rings. The molecule has 0 radical (unpaired) electrons. The quantitative estimate of drug-likeness (QED) is 0.332. The number of ether oxygens (including phenoxy) is 1. The number of benzene rings is 3. The van der Waals surface area contributed by atoms with Crippen molar-refractivity contribution in [2.75, 3.05) is 17.7 Å². The van der Waals surface area contributed by atoms with Crippen LogP contribution in [0.25, 0.3) is 22.5 Å². The maximum absolute atomic E-state index is 13.5. The first-order chi connectivity index (χ1) is 16.5. The molecule has 9 heteroatoms. The fourth-order valence-electron chi connectivity index (χ4n) is 3.11. The fourth-order valence-corrected chi connectivity index (χ4v) is 3.70. The number of carbonyl (C=O) groups is 1. The molecule has 6 nitrogen and oxygen atoms in total. The Bertz CT molecular complexity index is 1270. The standard InChI is InChI=1S/C25H20F2N4O2S/c1-2-33-21-13-11-20(12-14-21)28-22(32)15-34-25-29-23(16-3-7-18(26)8-4-16)24(30-31-25)17-5-9-19(27)10-6-17/h3-14H,2,15H2,1H3,(H,28,32). The van der Waals surface area contributed by atoms with Gasteiger partial charge in [0.05, 0.1) is 12.4 Å². The predicted molar refractivity (Wildman–Crippen MR) is 128 cm³/mol. The number of hydrogen-bond donors (Lipinski definition) is 1. The number of carbonyl (C=O) groups excluding carboxylic acids is 1. The molecule has 3 aromatic carbocycles. The van der Waals surface area contributed by atoms with Crippen molar-refractivity contribution >= 4 is 23.4 Å². The van der Waals surface area contributed by atoms with E-state index < -0.39 is 0 Å². The molecule has 0 aliphatic rings. The van der Waals surface area contributed by atoms with E-state index in [1.54, 1.807) is 48.5 Å². The van der Waals surface area contributed by atoms with E-state index in [4.69, 9.17) is 4.74 Å². The van der Waals surface area contributed by atoms with Gasteiger partial charge in [-0.15, -0.1) is 10.2 Å². The minimum Gasteiger partial charge on any atom is -0.494 e. The molecule has 0 saturated carbocycles. The highest BCUT2D eigenvalue weighted by Gasteiger charge is 2.15. The van der Waals surface area contributed by atoms with Gasteiger partial charge in [-0.1, -0.05) is 11.8 Å². The van der Waals surface area contributed by atoms with E-state index >= 15 is 0 Å². The lowest BCUT2D eigenvalue weighted by molar-refractivity contribution is -0.113.